The van der Waals surface area contributed by atoms with Crippen LogP contribution in [0.15, 0.2) is 36.5 Å². The Bertz CT molecular complexity index is 826. The van der Waals surface area contributed by atoms with Gasteiger partial charge in [0.1, 0.15) is 0 Å². The molecule has 3 heterocycles. The Balaban J connectivity index is 0.00000210. The minimum atomic E-state index is -0.442. The highest BCUT2D eigenvalue weighted by atomic mass is 35.5. The number of likely N-dealkylation sites (tertiary alicyclic amines) is 1. The first kappa shape index (κ1) is 19.3. The first-order chi connectivity index (χ1) is 12.6. The fraction of sp³-hybridized carbons (Fsp3) is 0.444. The van der Waals surface area contributed by atoms with Gasteiger partial charge in [0.2, 0.25) is 0 Å². The van der Waals surface area contributed by atoms with E-state index < -0.39 is 4.92 Å². The molecular formula is C18H22ClN5O3. The molecule has 1 amide bonds. The Morgan fingerprint density at radius 1 is 1.19 bits per heavy atom. The number of hydrogen-bond donors (Lipinski definition) is 1. The van der Waals surface area contributed by atoms with Crippen molar-refractivity contribution < 1.29 is 9.72 Å². The van der Waals surface area contributed by atoms with Crippen molar-refractivity contribution in [2.24, 2.45) is 11.8 Å². The van der Waals surface area contributed by atoms with E-state index in [9.17, 15) is 14.9 Å². The Hall–Kier alpha value is -2.45. The largest absolute Gasteiger partial charge is 0.337 e. The molecule has 27 heavy (non-hydrogen) atoms. The van der Waals surface area contributed by atoms with E-state index in [1.165, 1.54) is 16.8 Å². The number of non-ortho nitro benzene ring substituents is 1. The lowest BCUT2D eigenvalue weighted by molar-refractivity contribution is -0.384. The van der Waals surface area contributed by atoms with Crippen molar-refractivity contribution in [3.8, 4) is 5.69 Å². The van der Waals surface area contributed by atoms with Crippen LogP contribution in [0.5, 0.6) is 0 Å². The van der Waals surface area contributed by atoms with Crippen LogP contribution in [0, 0.1) is 22.0 Å². The maximum atomic E-state index is 12.8. The summed E-state index contributed by atoms with van der Waals surface area (Å²) >= 11 is 0. The average molecular weight is 392 g/mol. The predicted octanol–water partition coefficient (Wildman–Crippen LogP) is 2.27. The summed E-state index contributed by atoms with van der Waals surface area (Å²) in [6, 6.07) is 7.89. The van der Waals surface area contributed by atoms with Gasteiger partial charge >= 0.3 is 0 Å². The Morgan fingerprint density at radius 3 is 2.56 bits per heavy atom. The van der Waals surface area contributed by atoms with Gasteiger partial charge in [-0.05, 0) is 49.9 Å². The summed E-state index contributed by atoms with van der Waals surface area (Å²) in [6.45, 7) is 3.61. The second-order valence-electron chi connectivity index (χ2n) is 6.97. The molecule has 0 spiro atoms. The molecule has 2 aliphatic rings. The molecule has 2 saturated heterocycles. The number of nitro benzene ring substituents is 1. The van der Waals surface area contributed by atoms with Crippen molar-refractivity contribution in [3.63, 3.8) is 0 Å². The third-order valence-corrected chi connectivity index (χ3v) is 5.42. The molecule has 144 valence electrons. The van der Waals surface area contributed by atoms with Gasteiger partial charge in [-0.15, -0.1) is 12.4 Å². The van der Waals surface area contributed by atoms with Crippen LogP contribution in [0.25, 0.3) is 5.69 Å². The van der Waals surface area contributed by atoms with E-state index in [0.717, 1.165) is 39.0 Å². The van der Waals surface area contributed by atoms with Gasteiger partial charge in [-0.3, -0.25) is 14.9 Å². The van der Waals surface area contributed by atoms with Gasteiger partial charge in [0, 0.05) is 31.4 Å². The van der Waals surface area contributed by atoms with Crippen LogP contribution >= 0.6 is 12.4 Å². The number of halogens is 1. The van der Waals surface area contributed by atoms with Crippen molar-refractivity contribution in [3.05, 3.63) is 52.3 Å². The monoisotopic (exact) mass is 391 g/mol. The standard InChI is InChI=1S/C18H21N5O3.ClH/c24-18(21-7-4-13-11-19-12-14(13)5-8-21)17-6-9-22(20-17)15-2-1-3-16(10-15)23(25)26;/h1-3,6,9-10,13-14,19H,4-5,7-8,11-12H2;1H/t13-,14+;. The molecule has 0 unspecified atom stereocenters. The number of fused-ring (bicyclic) bond motifs is 1. The van der Waals surface area contributed by atoms with E-state index in [4.69, 9.17) is 0 Å². The number of carbonyl (C=O) groups is 1. The molecule has 2 atom stereocenters. The first-order valence-corrected chi connectivity index (χ1v) is 8.92. The van der Waals surface area contributed by atoms with Crippen molar-refractivity contribution >= 4 is 24.0 Å². The molecule has 2 aromatic rings. The van der Waals surface area contributed by atoms with Gasteiger partial charge in [0.25, 0.3) is 11.6 Å². The molecule has 0 bridgehead atoms. The van der Waals surface area contributed by atoms with Crippen LogP contribution in [-0.4, -0.2) is 51.7 Å². The predicted molar refractivity (Wildman–Crippen MR) is 102 cm³/mol. The van der Waals surface area contributed by atoms with E-state index >= 15 is 0 Å². The summed E-state index contributed by atoms with van der Waals surface area (Å²) in [5.41, 5.74) is 0.940. The van der Waals surface area contributed by atoms with E-state index in [0.29, 0.717) is 23.2 Å². The van der Waals surface area contributed by atoms with Crippen LogP contribution in [-0.2, 0) is 0 Å². The van der Waals surface area contributed by atoms with Gasteiger partial charge in [-0.2, -0.15) is 5.10 Å². The number of nitrogens with zero attached hydrogens (tertiary/aromatic N) is 4. The van der Waals surface area contributed by atoms with Crippen LogP contribution in [0.2, 0.25) is 0 Å². The third kappa shape index (κ3) is 3.96. The normalized spacial score (nSPS) is 21.9. The minimum Gasteiger partial charge on any atom is -0.337 e. The maximum Gasteiger partial charge on any atom is 0.274 e. The van der Waals surface area contributed by atoms with Crippen LogP contribution in [0.3, 0.4) is 0 Å². The van der Waals surface area contributed by atoms with Crippen LogP contribution in [0.1, 0.15) is 23.3 Å². The number of nitro groups is 1. The number of amides is 1. The maximum absolute atomic E-state index is 12.8. The van der Waals surface area contributed by atoms with Gasteiger partial charge in [0.05, 0.1) is 10.6 Å². The van der Waals surface area contributed by atoms with Crippen molar-refractivity contribution in [1.82, 2.24) is 20.0 Å². The SMILES string of the molecule is Cl.O=C(c1ccn(-c2cccc([N+](=O)[O-])c2)n1)N1CC[C@@H]2CNC[C@@H]2CC1. The molecule has 0 aliphatic carbocycles. The lowest BCUT2D eigenvalue weighted by Crippen LogP contribution is -2.33. The second kappa shape index (κ2) is 8.06. The number of benzene rings is 1. The highest BCUT2D eigenvalue weighted by molar-refractivity contribution is 5.92. The van der Waals surface area contributed by atoms with E-state index in [-0.39, 0.29) is 24.0 Å². The summed E-state index contributed by atoms with van der Waals surface area (Å²) in [7, 11) is 0. The lowest BCUT2D eigenvalue weighted by atomic mass is 9.92. The zero-order chi connectivity index (χ0) is 18.1. The van der Waals surface area contributed by atoms with Gasteiger partial charge in [-0.25, -0.2) is 4.68 Å². The molecular weight excluding hydrogens is 370 g/mol. The molecule has 1 N–H and O–H groups in total. The first-order valence-electron chi connectivity index (χ1n) is 8.92. The quantitative estimate of drug-likeness (QED) is 0.640. The second-order valence-corrected chi connectivity index (χ2v) is 6.97. The molecule has 9 heteroatoms. The number of rotatable bonds is 3. The number of nitrogens with one attached hydrogen (secondary N) is 1. The van der Waals surface area contributed by atoms with Crippen molar-refractivity contribution in [1.29, 1.82) is 0 Å². The van der Waals surface area contributed by atoms with Crippen molar-refractivity contribution in [2.75, 3.05) is 26.2 Å². The van der Waals surface area contributed by atoms with Crippen molar-refractivity contribution in [2.45, 2.75) is 12.8 Å². The topological polar surface area (TPSA) is 93.3 Å². The summed E-state index contributed by atoms with van der Waals surface area (Å²) in [6.07, 6.45) is 3.72. The molecule has 4 rings (SSSR count). The number of carbonyl (C=O) groups excluding carboxylic acids is 1. The lowest BCUT2D eigenvalue weighted by Gasteiger charge is -2.19. The minimum absolute atomic E-state index is 0. The molecule has 2 fully saturated rings. The molecule has 8 nitrogen and oxygen atoms in total. The van der Waals surface area contributed by atoms with Gasteiger partial charge in [-0.1, -0.05) is 6.07 Å². The Kier molecular flexibility index (Phi) is 5.76. The molecule has 1 aromatic heterocycles. The number of aromatic nitrogens is 2. The Morgan fingerprint density at radius 2 is 1.89 bits per heavy atom. The van der Waals surface area contributed by atoms with E-state index in [1.807, 2.05) is 4.90 Å². The fourth-order valence-corrected chi connectivity index (χ4v) is 3.91. The highest BCUT2D eigenvalue weighted by Gasteiger charge is 2.32. The smallest absolute Gasteiger partial charge is 0.274 e. The van der Waals surface area contributed by atoms with Gasteiger partial charge < -0.3 is 10.2 Å². The van der Waals surface area contributed by atoms with Crippen LogP contribution < -0.4 is 5.32 Å². The summed E-state index contributed by atoms with van der Waals surface area (Å²) in [4.78, 5) is 25.2. The summed E-state index contributed by atoms with van der Waals surface area (Å²) < 4.78 is 1.51. The average Bonchev–Trinajstić information content (AvgIpc) is 3.27. The van der Waals surface area contributed by atoms with E-state index in [1.54, 1.807) is 24.4 Å². The molecule has 0 saturated carbocycles. The highest BCUT2D eigenvalue weighted by Crippen LogP contribution is 2.27. The van der Waals surface area contributed by atoms with Crippen LogP contribution in [0.4, 0.5) is 5.69 Å². The molecule has 0 radical (unpaired) electrons. The molecule has 1 aromatic carbocycles. The van der Waals surface area contributed by atoms with Gasteiger partial charge in [0.15, 0.2) is 5.69 Å². The molecule has 2 aliphatic heterocycles. The summed E-state index contributed by atoms with van der Waals surface area (Å²) in [5.74, 6) is 1.26. The third-order valence-electron chi connectivity index (χ3n) is 5.42. The fourth-order valence-electron chi connectivity index (χ4n) is 3.91. The zero-order valence-electron chi connectivity index (χ0n) is 14.8. The Labute approximate surface area is 163 Å². The van der Waals surface area contributed by atoms with E-state index in [2.05, 4.69) is 10.4 Å². The summed E-state index contributed by atoms with van der Waals surface area (Å²) in [5, 5.41) is 18.7. The number of hydrogen-bond acceptors (Lipinski definition) is 5. The zero-order valence-corrected chi connectivity index (χ0v) is 15.6.